The second kappa shape index (κ2) is 4.05. The molecule has 68 valence electrons. The molecule has 1 rings (SSSR count). The van der Waals surface area contributed by atoms with Gasteiger partial charge in [0.05, 0.1) is 0 Å². The van der Waals surface area contributed by atoms with Crippen LogP contribution in [0, 0.1) is 0 Å². The van der Waals surface area contributed by atoms with Crippen molar-refractivity contribution < 1.29 is 14.7 Å². The summed E-state index contributed by atoms with van der Waals surface area (Å²) in [6.45, 7) is 0. The van der Waals surface area contributed by atoms with Gasteiger partial charge < -0.3 is 9.90 Å². The van der Waals surface area contributed by atoms with Crippen LogP contribution in [0.15, 0.2) is 24.3 Å². The zero-order valence-corrected chi connectivity index (χ0v) is 7.36. The van der Waals surface area contributed by atoms with Crippen molar-refractivity contribution in [1.82, 2.24) is 0 Å². The minimum Gasteiger partial charge on any atom is -0.480 e. The Hall–Kier alpha value is -1.35. The molecule has 0 fully saturated rings. The van der Waals surface area contributed by atoms with Gasteiger partial charge in [0.15, 0.2) is 0 Å². The van der Waals surface area contributed by atoms with Crippen LogP contribution < -0.4 is 0 Å². The van der Waals surface area contributed by atoms with Gasteiger partial charge in [-0.1, -0.05) is 23.7 Å². The molecule has 3 nitrogen and oxygen atoms in total. The molecule has 0 aliphatic carbocycles. The molecule has 0 aliphatic heterocycles. The third-order valence-electron chi connectivity index (χ3n) is 1.61. The van der Waals surface area contributed by atoms with Crippen molar-refractivity contribution in [1.29, 1.82) is 0 Å². The topological polar surface area (TPSA) is 54.4 Å². The Kier molecular flexibility index (Phi) is 3.03. The molecule has 0 radical (unpaired) electrons. The van der Waals surface area contributed by atoms with E-state index in [9.17, 15) is 9.59 Å². The van der Waals surface area contributed by atoms with E-state index in [0.29, 0.717) is 16.9 Å². The van der Waals surface area contributed by atoms with Gasteiger partial charge in [-0.25, -0.2) is 0 Å². The van der Waals surface area contributed by atoms with Crippen LogP contribution in [0.4, 0.5) is 0 Å². The second-order valence-corrected chi connectivity index (χ2v) is 2.94. The van der Waals surface area contributed by atoms with E-state index < -0.39 is 11.9 Å². The SMILES string of the molecule is O=CC(C(=O)O)c1cccc(Cl)c1. The molecule has 0 aromatic heterocycles. The first-order valence-electron chi connectivity index (χ1n) is 3.58. The van der Waals surface area contributed by atoms with Crippen LogP contribution in [-0.4, -0.2) is 17.4 Å². The summed E-state index contributed by atoms with van der Waals surface area (Å²) in [4.78, 5) is 21.0. The average Bonchev–Trinajstić information content (AvgIpc) is 2.04. The van der Waals surface area contributed by atoms with E-state index in [1.54, 1.807) is 18.2 Å². The predicted molar refractivity (Wildman–Crippen MR) is 47.9 cm³/mol. The molecule has 0 bridgehead atoms. The van der Waals surface area contributed by atoms with E-state index in [2.05, 4.69) is 0 Å². The molecule has 1 aromatic rings. The maximum atomic E-state index is 10.6. The zero-order valence-electron chi connectivity index (χ0n) is 6.61. The van der Waals surface area contributed by atoms with Crippen LogP contribution in [0.2, 0.25) is 5.02 Å². The Balaban J connectivity index is 3.04. The molecule has 1 unspecified atom stereocenters. The van der Waals surface area contributed by atoms with E-state index in [4.69, 9.17) is 16.7 Å². The zero-order chi connectivity index (χ0) is 9.84. The molecule has 1 aromatic carbocycles. The highest BCUT2D eigenvalue weighted by Crippen LogP contribution is 2.18. The molecule has 0 amide bonds. The van der Waals surface area contributed by atoms with Crippen molar-refractivity contribution in [3.63, 3.8) is 0 Å². The molecule has 0 aliphatic rings. The summed E-state index contributed by atoms with van der Waals surface area (Å²) >= 11 is 5.64. The monoisotopic (exact) mass is 198 g/mol. The van der Waals surface area contributed by atoms with Crippen molar-refractivity contribution >= 4 is 23.9 Å². The predicted octanol–water partition coefficient (Wildman–Crippen LogP) is 1.71. The number of carboxylic acids is 1. The highest BCUT2D eigenvalue weighted by atomic mass is 35.5. The summed E-state index contributed by atoms with van der Waals surface area (Å²) in [5, 5.41) is 9.07. The lowest BCUT2D eigenvalue weighted by molar-refractivity contribution is -0.140. The maximum absolute atomic E-state index is 10.6. The van der Waals surface area contributed by atoms with Crippen molar-refractivity contribution in [2.75, 3.05) is 0 Å². The third-order valence-corrected chi connectivity index (χ3v) is 1.85. The van der Waals surface area contributed by atoms with Crippen LogP contribution in [-0.2, 0) is 9.59 Å². The molecule has 0 spiro atoms. The molecular formula is C9H7ClO3. The fraction of sp³-hybridized carbons (Fsp3) is 0.111. The molecule has 1 atom stereocenters. The molecular weight excluding hydrogens is 192 g/mol. The molecule has 4 heteroatoms. The van der Waals surface area contributed by atoms with Gasteiger partial charge >= 0.3 is 5.97 Å². The smallest absolute Gasteiger partial charge is 0.318 e. The van der Waals surface area contributed by atoms with Crippen molar-refractivity contribution in [2.24, 2.45) is 0 Å². The van der Waals surface area contributed by atoms with Gasteiger partial charge in [-0.2, -0.15) is 0 Å². The summed E-state index contributed by atoms with van der Waals surface area (Å²) in [5.41, 5.74) is 0.398. The number of carboxylic acid groups (broad SMARTS) is 1. The first-order chi connectivity index (χ1) is 6.15. The lowest BCUT2D eigenvalue weighted by atomic mass is 10.0. The summed E-state index contributed by atoms with van der Waals surface area (Å²) in [6.07, 6.45) is 0.383. The lowest BCUT2D eigenvalue weighted by Crippen LogP contribution is -2.12. The van der Waals surface area contributed by atoms with Gasteiger partial charge in [-0.3, -0.25) is 4.79 Å². The highest BCUT2D eigenvalue weighted by Gasteiger charge is 2.18. The summed E-state index contributed by atoms with van der Waals surface area (Å²) in [7, 11) is 0. The van der Waals surface area contributed by atoms with E-state index in [1.807, 2.05) is 0 Å². The Morgan fingerprint density at radius 2 is 2.23 bits per heavy atom. The molecule has 0 saturated heterocycles. The molecule has 0 heterocycles. The van der Waals surface area contributed by atoms with Crippen LogP contribution in [0.25, 0.3) is 0 Å². The Morgan fingerprint density at radius 1 is 1.54 bits per heavy atom. The van der Waals surface area contributed by atoms with Gasteiger partial charge in [0.2, 0.25) is 0 Å². The van der Waals surface area contributed by atoms with Crippen LogP contribution >= 0.6 is 11.6 Å². The number of hydrogen-bond acceptors (Lipinski definition) is 2. The number of halogens is 1. The van der Waals surface area contributed by atoms with Gasteiger partial charge in [0, 0.05) is 5.02 Å². The minimum atomic E-state index is -1.17. The van der Waals surface area contributed by atoms with E-state index in [-0.39, 0.29) is 0 Å². The van der Waals surface area contributed by atoms with Crippen molar-refractivity contribution in [3.05, 3.63) is 34.9 Å². The molecule has 0 saturated carbocycles. The third kappa shape index (κ3) is 2.29. The number of benzene rings is 1. The fourth-order valence-electron chi connectivity index (χ4n) is 0.979. The first-order valence-corrected chi connectivity index (χ1v) is 3.96. The number of rotatable bonds is 3. The molecule has 1 N–H and O–H groups in total. The highest BCUT2D eigenvalue weighted by molar-refractivity contribution is 6.30. The second-order valence-electron chi connectivity index (χ2n) is 2.51. The summed E-state index contributed by atoms with van der Waals surface area (Å²) in [6, 6.07) is 6.25. The van der Waals surface area contributed by atoms with Crippen molar-refractivity contribution in [2.45, 2.75) is 5.92 Å². The number of aliphatic carboxylic acids is 1. The Bertz CT molecular complexity index is 335. The van der Waals surface area contributed by atoms with Crippen LogP contribution in [0.3, 0.4) is 0 Å². The summed E-state index contributed by atoms with van der Waals surface area (Å²) < 4.78 is 0. The minimum absolute atomic E-state index is 0.383. The normalized spacial score (nSPS) is 12.1. The van der Waals surface area contributed by atoms with E-state index >= 15 is 0 Å². The average molecular weight is 199 g/mol. The Morgan fingerprint density at radius 3 is 2.69 bits per heavy atom. The van der Waals surface area contributed by atoms with Crippen LogP contribution in [0.1, 0.15) is 11.5 Å². The van der Waals surface area contributed by atoms with Crippen LogP contribution in [0.5, 0.6) is 0 Å². The van der Waals surface area contributed by atoms with Gasteiger partial charge in [-0.05, 0) is 17.7 Å². The van der Waals surface area contributed by atoms with Gasteiger partial charge in [0.25, 0.3) is 0 Å². The largest absolute Gasteiger partial charge is 0.480 e. The summed E-state index contributed by atoms with van der Waals surface area (Å²) in [5.74, 6) is -2.30. The first kappa shape index (κ1) is 9.74. The molecule has 13 heavy (non-hydrogen) atoms. The van der Waals surface area contributed by atoms with Gasteiger partial charge in [0.1, 0.15) is 12.2 Å². The number of aldehydes is 1. The fourth-order valence-corrected chi connectivity index (χ4v) is 1.18. The Labute approximate surface area is 79.9 Å². The standard InChI is InChI=1S/C9H7ClO3/c10-7-3-1-2-6(4-7)8(5-11)9(12)13/h1-5,8H,(H,12,13). The van der Waals surface area contributed by atoms with E-state index in [1.165, 1.54) is 6.07 Å². The number of hydrogen-bond donors (Lipinski definition) is 1. The van der Waals surface area contributed by atoms with Gasteiger partial charge in [-0.15, -0.1) is 0 Å². The number of carbonyl (C=O) groups is 2. The lowest BCUT2D eigenvalue weighted by Gasteiger charge is -2.04. The maximum Gasteiger partial charge on any atom is 0.318 e. The number of carbonyl (C=O) groups excluding carboxylic acids is 1. The van der Waals surface area contributed by atoms with Crippen molar-refractivity contribution in [3.8, 4) is 0 Å². The quantitative estimate of drug-likeness (QED) is 0.594. The van der Waals surface area contributed by atoms with E-state index in [0.717, 1.165) is 0 Å².